The van der Waals surface area contributed by atoms with Gasteiger partial charge in [-0.2, -0.15) is 0 Å². The minimum atomic E-state index is -0.252. The van der Waals surface area contributed by atoms with Crippen molar-refractivity contribution >= 4 is 0 Å². The molecule has 5 rings (SSSR count). The number of ether oxygens (including phenoxy) is 1. The van der Waals surface area contributed by atoms with Crippen molar-refractivity contribution in [3.05, 3.63) is 42.4 Å². The Morgan fingerprint density at radius 3 is 2.87 bits per heavy atom. The average Bonchev–Trinajstić information content (AvgIpc) is 3.25. The molecule has 4 nitrogen and oxygen atoms in total. The fourth-order valence-electron chi connectivity index (χ4n) is 5.18. The molecule has 1 aromatic carbocycles. The quantitative estimate of drug-likeness (QED) is 0.881. The van der Waals surface area contributed by atoms with Gasteiger partial charge in [-0.1, -0.05) is 24.3 Å². The summed E-state index contributed by atoms with van der Waals surface area (Å²) in [6.45, 7) is 1.59. The van der Waals surface area contributed by atoms with Crippen LogP contribution in [-0.4, -0.2) is 34.0 Å². The molecular formula is C19H22N2O2. The van der Waals surface area contributed by atoms with E-state index in [4.69, 9.17) is 4.74 Å². The van der Waals surface area contributed by atoms with Gasteiger partial charge in [0.05, 0.1) is 30.4 Å². The number of aliphatic hydroxyl groups is 1. The molecule has 1 saturated heterocycles. The molecule has 1 saturated carbocycles. The molecule has 2 aliphatic heterocycles. The third-order valence-corrected chi connectivity index (χ3v) is 6.42. The summed E-state index contributed by atoms with van der Waals surface area (Å²) >= 11 is 0. The lowest BCUT2D eigenvalue weighted by atomic mass is 9.74. The van der Waals surface area contributed by atoms with Crippen LogP contribution in [0.5, 0.6) is 0 Å². The molecular weight excluding hydrogens is 288 g/mol. The Balaban J connectivity index is 1.56. The van der Waals surface area contributed by atoms with Crippen molar-refractivity contribution in [2.75, 3.05) is 13.2 Å². The first-order chi connectivity index (χ1) is 11.3. The lowest BCUT2D eigenvalue weighted by Gasteiger charge is -2.38. The summed E-state index contributed by atoms with van der Waals surface area (Å²) in [4.78, 5) is 4.35. The number of aromatic nitrogens is 2. The van der Waals surface area contributed by atoms with Crippen molar-refractivity contribution in [1.82, 2.24) is 9.55 Å². The molecule has 120 valence electrons. The number of hydrogen-bond donors (Lipinski definition) is 1. The van der Waals surface area contributed by atoms with Crippen LogP contribution in [0.1, 0.15) is 37.3 Å². The molecule has 2 fully saturated rings. The summed E-state index contributed by atoms with van der Waals surface area (Å²) in [7, 11) is 0. The maximum absolute atomic E-state index is 11.2. The lowest BCUT2D eigenvalue weighted by Crippen LogP contribution is -2.40. The van der Waals surface area contributed by atoms with Gasteiger partial charge in [-0.25, -0.2) is 4.98 Å². The Labute approximate surface area is 136 Å². The highest BCUT2D eigenvalue weighted by Gasteiger charge is 2.52. The van der Waals surface area contributed by atoms with Gasteiger partial charge in [-0.05, 0) is 31.2 Å². The van der Waals surface area contributed by atoms with Gasteiger partial charge >= 0.3 is 0 Å². The van der Waals surface area contributed by atoms with E-state index in [1.165, 1.54) is 16.8 Å². The molecule has 2 aromatic rings. The zero-order valence-corrected chi connectivity index (χ0v) is 13.2. The minimum absolute atomic E-state index is 0.0706. The highest BCUT2D eigenvalue weighted by Crippen LogP contribution is 2.55. The third kappa shape index (κ3) is 1.82. The predicted molar refractivity (Wildman–Crippen MR) is 87.0 cm³/mol. The second-order valence-corrected chi connectivity index (χ2v) is 7.34. The highest BCUT2D eigenvalue weighted by molar-refractivity contribution is 5.69. The van der Waals surface area contributed by atoms with Gasteiger partial charge in [0.15, 0.2) is 0 Å². The molecule has 4 heteroatoms. The number of benzene rings is 1. The standard InChI is InChI=1S/C19H22N2O2/c22-18-15(5-6-19(18)7-9-23-10-8-19)17-14-4-2-1-3-13(14)16-11-20-12-21(16)17/h1-4,11-12,15,17-18,22H,5-10H2/t15-,17-,18+/m0/s1. The molecule has 23 heavy (non-hydrogen) atoms. The summed E-state index contributed by atoms with van der Waals surface area (Å²) in [6, 6.07) is 8.81. The molecule has 1 spiro atoms. The summed E-state index contributed by atoms with van der Waals surface area (Å²) < 4.78 is 7.81. The molecule has 0 amide bonds. The van der Waals surface area contributed by atoms with Crippen LogP contribution in [0.3, 0.4) is 0 Å². The molecule has 3 aliphatic rings. The van der Waals surface area contributed by atoms with Crippen LogP contribution in [0.25, 0.3) is 11.3 Å². The summed E-state index contributed by atoms with van der Waals surface area (Å²) in [6.07, 6.45) is 7.82. The maximum atomic E-state index is 11.2. The van der Waals surface area contributed by atoms with Crippen LogP contribution in [0.2, 0.25) is 0 Å². The van der Waals surface area contributed by atoms with Crippen LogP contribution >= 0.6 is 0 Å². The fraction of sp³-hybridized carbons (Fsp3) is 0.526. The Morgan fingerprint density at radius 2 is 2.00 bits per heavy atom. The average molecular weight is 310 g/mol. The zero-order chi connectivity index (χ0) is 15.4. The molecule has 1 aromatic heterocycles. The van der Waals surface area contributed by atoms with Crippen LogP contribution in [0.15, 0.2) is 36.8 Å². The van der Waals surface area contributed by atoms with Crippen LogP contribution in [0, 0.1) is 11.3 Å². The first-order valence-electron chi connectivity index (χ1n) is 8.67. The van der Waals surface area contributed by atoms with E-state index in [9.17, 15) is 5.11 Å². The Kier molecular flexibility index (Phi) is 2.94. The van der Waals surface area contributed by atoms with E-state index in [1.807, 2.05) is 12.5 Å². The summed E-state index contributed by atoms with van der Waals surface area (Å²) in [5.74, 6) is 0.268. The molecule has 1 N–H and O–H groups in total. The van der Waals surface area contributed by atoms with Crippen molar-refractivity contribution in [3.8, 4) is 11.3 Å². The van der Waals surface area contributed by atoms with Crippen molar-refractivity contribution < 1.29 is 9.84 Å². The van der Waals surface area contributed by atoms with Crippen LogP contribution < -0.4 is 0 Å². The zero-order valence-electron chi connectivity index (χ0n) is 13.2. The number of rotatable bonds is 1. The van der Waals surface area contributed by atoms with Crippen molar-refractivity contribution in [2.45, 2.75) is 37.8 Å². The number of fused-ring (bicyclic) bond motifs is 3. The smallest absolute Gasteiger partial charge is 0.0956 e. The largest absolute Gasteiger partial charge is 0.392 e. The maximum Gasteiger partial charge on any atom is 0.0956 e. The SMILES string of the molecule is O[C@@H]1[C@H]([C@@H]2c3ccccc3-c3cncn32)CCC12CCOCC2. The van der Waals surface area contributed by atoms with Gasteiger partial charge in [0.1, 0.15) is 0 Å². The first kappa shape index (κ1) is 13.8. The normalized spacial score (nSPS) is 31.3. The van der Waals surface area contributed by atoms with E-state index in [1.54, 1.807) is 0 Å². The number of nitrogens with zero attached hydrogens (tertiary/aromatic N) is 2. The van der Waals surface area contributed by atoms with E-state index >= 15 is 0 Å². The molecule has 3 heterocycles. The van der Waals surface area contributed by atoms with Gasteiger partial charge in [0, 0.05) is 30.1 Å². The predicted octanol–water partition coefficient (Wildman–Crippen LogP) is 3.02. The number of aliphatic hydroxyl groups excluding tert-OH is 1. The lowest BCUT2D eigenvalue weighted by molar-refractivity contribution is -0.0597. The highest BCUT2D eigenvalue weighted by atomic mass is 16.5. The number of hydrogen-bond acceptors (Lipinski definition) is 3. The van der Waals surface area contributed by atoms with E-state index in [-0.39, 0.29) is 23.5 Å². The summed E-state index contributed by atoms with van der Waals surface area (Å²) in [5.41, 5.74) is 3.88. The van der Waals surface area contributed by atoms with Gasteiger partial charge in [0.2, 0.25) is 0 Å². The van der Waals surface area contributed by atoms with Crippen molar-refractivity contribution in [1.29, 1.82) is 0 Å². The van der Waals surface area contributed by atoms with Crippen molar-refractivity contribution in [2.24, 2.45) is 11.3 Å². The first-order valence-corrected chi connectivity index (χ1v) is 8.67. The molecule has 0 unspecified atom stereocenters. The van der Waals surface area contributed by atoms with E-state index in [0.29, 0.717) is 0 Å². The summed E-state index contributed by atoms with van der Waals surface area (Å²) in [5, 5.41) is 11.2. The van der Waals surface area contributed by atoms with E-state index in [0.717, 1.165) is 38.9 Å². The molecule has 0 radical (unpaired) electrons. The molecule has 3 atom stereocenters. The van der Waals surface area contributed by atoms with Gasteiger partial charge in [-0.15, -0.1) is 0 Å². The third-order valence-electron chi connectivity index (χ3n) is 6.42. The Morgan fingerprint density at radius 1 is 1.17 bits per heavy atom. The fourth-order valence-corrected chi connectivity index (χ4v) is 5.18. The monoisotopic (exact) mass is 310 g/mol. The Hall–Kier alpha value is -1.65. The molecule has 0 bridgehead atoms. The van der Waals surface area contributed by atoms with Gasteiger partial charge in [0.25, 0.3) is 0 Å². The second-order valence-electron chi connectivity index (χ2n) is 7.34. The van der Waals surface area contributed by atoms with Crippen molar-refractivity contribution in [3.63, 3.8) is 0 Å². The van der Waals surface area contributed by atoms with Gasteiger partial charge < -0.3 is 14.4 Å². The van der Waals surface area contributed by atoms with Gasteiger partial charge in [-0.3, -0.25) is 0 Å². The van der Waals surface area contributed by atoms with Crippen LogP contribution in [-0.2, 0) is 4.74 Å². The minimum Gasteiger partial charge on any atom is -0.392 e. The van der Waals surface area contributed by atoms with E-state index < -0.39 is 0 Å². The Bertz CT molecular complexity index is 732. The topological polar surface area (TPSA) is 47.3 Å². The second kappa shape index (κ2) is 4.92. The number of imidazole rings is 1. The molecule has 1 aliphatic carbocycles. The van der Waals surface area contributed by atoms with E-state index in [2.05, 4.69) is 33.8 Å². The van der Waals surface area contributed by atoms with Crippen LogP contribution in [0.4, 0.5) is 0 Å².